The second-order valence-corrected chi connectivity index (χ2v) is 8.81. The van der Waals surface area contributed by atoms with Gasteiger partial charge in [-0.1, -0.05) is 6.07 Å². The number of likely N-dealkylation sites (N-methyl/N-ethyl adjacent to an activating group) is 1. The minimum Gasteiger partial charge on any atom is -0.454 e. The van der Waals surface area contributed by atoms with Gasteiger partial charge in [0.2, 0.25) is 18.6 Å². The monoisotopic (exact) mass is 414 g/mol. The molecule has 9 heteroatoms. The van der Waals surface area contributed by atoms with E-state index < -0.39 is 0 Å². The molecule has 1 saturated heterocycles. The van der Waals surface area contributed by atoms with Crippen LogP contribution in [-0.2, 0) is 29.1 Å². The number of fused-ring (bicyclic) bond motifs is 2. The quantitative estimate of drug-likeness (QED) is 0.822. The van der Waals surface area contributed by atoms with Crippen LogP contribution in [0.1, 0.15) is 22.6 Å². The van der Waals surface area contributed by atoms with Gasteiger partial charge in [-0.05, 0) is 24.7 Å². The maximum absolute atomic E-state index is 12.7. The van der Waals surface area contributed by atoms with Gasteiger partial charge in [-0.15, -0.1) is 11.3 Å². The number of rotatable bonds is 4. The van der Waals surface area contributed by atoms with Crippen molar-refractivity contribution >= 4 is 28.3 Å². The number of hydrogen-bond donors (Lipinski definition) is 1. The Morgan fingerprint density at radius 3 is 3.10 bits per heavy atom. The fourth-order valence-electron chi connectivity index (χ4n) is 3.94. The summed E-state index contributed by atoms with van der Waals surface area (Å²) < 4.78 is 10.7. The van der Waals surface area contributed by atoms with E-state index in [1.807, 2.05) is 18.2 Å². The van der Waals surface area contributed by atoms with Gasteiger partial charge in [0.05, 0.1) is 11.6 Å². The van der Waals surface area contributed by atoms with Crippen LogP contribution < -0.4 is 14.8 Å². The van der Waals surface area contributed by atoms with E-state index in [2.05, 4.69) is 22.2 Å². The number of anilines is 1. The third-order valence-electron chi connectivity index (χ3n) is 5.55. The standard InChI is InChI=1S/C20H22N4O4S/c1-23-5-4-14-17(10-23)29-20(21-14)22-19(26)13-7-18(25)24(9-13)8-12-2-3-15-16(6-12)28-11-27-15/h2-3,6,13H,4-5,7-11H2,1H3,(H,21,22,26). The van der Waals surface area contributed by atoms with E-state index in [4.69, 9.17) is 9.47 Å². The average Bonchev–Trinajstić information content (AvgIpc) is 3.40. The minimum absolute atomic E-state index is 0.0112. The van der Waals surface area contributed by atoms with E-state index >= 15 is 0 Å². The summed E-state index contributed by atoms with van der Waals surface area (Å²) in [5.41, 5.74) is 2.04. The summed E-state index contributed by atoms with van der Waals surface area (Å²) >= 11 is 1.53. The van der Waals surface area contributed by atoms with E-state index in [0.29, 0.717) is 24.0 Å². The summed E-state index contributed by atoms with van der Waals surface area (Å²) in [4.78, 5) is 34.9. The lowest BCUT2D eigenvalue weighted by Gasteiger charge is -2.20. The fourth-order valence-corrected chi connectivity index (χ4v) is 5.04. The van der Waals surface area contributed by atoms with Crippen molar-refractivity contribution in [2.45, 2.75) is 25.9 Å². The Balaban J connectivity index is 1.21. The normalized spacial score (nSPS) is 20.8. The third kappa shape index (κ3) is 3.67. The highest BCUT2D eigenvalue weighted by atomic mass is 32.1. The molecule has 3 aliphatic heterocycles. The van der Waals surface area contributed by atoms with Gasteiger partial charge in [0.1, 0.15) is 0 Å². The van der Waals surface area contributed by atoms with Crippen molar-refractivity contribution in [1.29, 1.82) is 0 Å². The average molecular weight is 414 g/mol. The summed E-state index contributed by atoms with van der Waals surface area (Å²) in [7, 11) is 2.08. The third-order valence-corrected chi connectivity index (χ3v) is 6.55. The van der Waals surface area contributed by atoms with Gasteiger partial charge in [0.15, 0.2) is 16.6 Å². The Bertz CT molecular complexity index is 975. The Morgan fingerprint density at radius 1 is 1.34 bits per heavy atom. The highest BCUT2D eigenvalue weighted by molar-refractivity contribution is 7.15. The van der Waals surface area contributed by atoms with Crippen molar-refractivity contribution in [3.63, 3.8) is 0 Å². The zero-order chi connectivity index (χ0) is 20.0. The molecule has 4 heterocycles. The molecule has 0 saturated carbocycles. The highest BCUT2D eigenvalue weighted by Crippen LogP contribution is 2.34. The molecule has 1 N–H and O–H groups in total. The molecule has 2 amide bonds. The fraction of sp³-hybridized carbons (Fsp3) is 0.450. The second kappa shape index (κ2) is 7.31. The zero-order valence-electron chi connectivity index (χ0n) is 16.1. The van der Waals surface area contributed by atoms with E-state index in [-0.39, 0.29) is 30.9 Å². The number of nitrogens with one attached hydrogen (secondary N) is 1. The molecular weight excluding hydrogens is 392 g/mol. The van der Waals surface area contributed by atoms with Gasteiger partial charge in [-0.3, -0.25) is 9.59 Å². The van der Waals surface area contributed by atoms with E-state index in [1.165, 1.54) is 16.2 Å². The summed E-state index contributed by atoms with van der Waals surface area (Å²) in [5.74, 6) is 0.909. The van der Waals surface area contributed by atoms with Crippen molar-refractivity contribution in [2.75, 3.05) is 32.2 Å². The Hall–Kier alpha value is -2.65. The molecule has 0 bridgehead atoms. The first-order valence-electron chi connectivity index (χ1n) is 9.69. The lowest BCUT2D eigenvalue weighted by atomic mass is 10.1. The van der Waals surface area contributed by atoms with Crippen molar-refractivity contribution in [3.05, 3.63) is 34.3 Å². The predicted molar refractivity (Wildman–Crippen MR) is 107 cm³/mol. The van der Waals surface area contributed by atoms with Gasteiger partial charge < -0.3 is 24.6 Å². The van der Waals surface area contributed by atoms with Crippen LogP contribution in [0.3, 0.4) is 0 Å². The summed E-state index contributed by atoms with van der Waals surface area (Å²) in [5, 5.41) is 3.57. The van der Waals surface area contributed by atoms with Crippen LogP contribution in [0.5, 0.6) is 11.5 Å². The van der Waals surface area contributed by atoms with Crippen molar-refractivity contribution in [1.82, 2.24) is 14.8 Å². The Morgan fingerprint density at radius 2 is 2.21 bits per heavy atom. The topological polar surface area (TPSA) is 84.0 Å². The number of ether oxygens (including phenoxy) is 2. The van der Waals surface area contributed by atoms with Gasteiger partial charge >= 0.3 is 0 Å². The molecule has 1 fully saturated rings. The number of carbonyl (C=O) groups excluding carboxylic acids is 2. The van der Waals surface area contributed by atoms with E-state index in [1.54, 1.807) is 4.90 Å². The van der Waals surface area contributed by atoms with Gasteiger partial charge in [0.25, 0.3) is 0 Å². The molecule has 1 aromatic carbocycles. The molecule has 1 aromatic heterocycles. The maximum atomic E-state index is 12.7. The molecular formula is C20H22N4O4S. The van der Waals surface area contributed by atoms with Crippen LogP contribution in [0.15, 0.2) is 18.2 Å². The first kappa shape index (κ1) is 18.4. The number of amides is 2. The van der Waals surface area contributed by atoms with Crippen molar-refractivity contribution in [2.24, 2.45) is 5.92 Å². The summed E-state index contributed by atoms with van der Waals surface area (Å²) in [6.45, 7) is 2.94. The van der Waals surface area contributed by atoms with Crippen LogP contribution in [0.4, 0.5) is 5.13 Å². The first-order chi connectivity index (χ1) is 14.0. The Kier molecular flexibility index (Phi) is 4.63. The van der Waals surface area contributed by atoms with Crippen molar-refractivity contribution in [3.8, 4) is 11.5 Å². The number of benzene rings is 1. The van der Waals surface area contributed by atoms with Gasteiger partial charge in [-0.25, -0.2) is 4.98 Å². The van der Waals surface area contributed by atoms with Crippen LogP contribution in [0.25, 0.3) is 0 Å². The largest absolute Gasteiger partial charge is 0.454 e. The number of likely N-dealkylation sites (tertiary alicyclic amines) is 1. The van der Waals surface area contributed by atoms with Crippen LogP contribution >= 0.6 is 11.3 Å². The molecule has 0 radical (unpaired) electrons. The molecule has 3 aliphatic rings. The highest BCUT2D eigenvalue weighted by Gasteiger charge is 2.35. The molecule has 0 aliphatic carbocycles. The van der Waals surface area contributed by atoms with Gasteiger partial charge in [0, 0.05) is 43.9 Å². The molecule has 2 aromatic rings. The molecule has 5 rings (SSSR count). The maximum Gasteiger partial charge on any atom is 0.231 e. The van der Waals surface area contributed by atoms with Gasteiger partial charge in [-0.2, -0.15) is 0 Å². The molecule has 29 heavy (non-hydrogen) atoms. The van der Waals surface area contributed by atoms with Crippen LogP contribution in [0, 0.1) is 5.92 Å². The minimum atomic E-state index is -0.361. The predicted octanol–water partition coefficient (Wildman–Crippen LogP) is 1.85. The lowest BCUT2D eigenvalue weighted by molar-refractivity contribution is -0.128. The van der Waals surface area contributed by atoms with E-state index in [0.717, 1.165) is 36.5 Å². The number of aromatic nitrogens is 1. The number of nitrogens with zero attached hydrogens (tertiary/aromatic N) is 3. The SMILES string of the molecule is CN1CCc2nc(NC(=O)C3CC(=O)N(Cc4ccc5c(c4)OCO5)C3)sc2C1. The zero-order valence-corrected chi connectivity index (χ0v) is 17.0. The summed E-state index contributed by atoms with van der Waals surface area (Å²) in [6.07, 6.45) is 1.13. The second-order valence-electron chi connectivity index (χ2n) is 7.73. The summed E-state index contributed by atoms with van der Waals surface area (Å²) in [6, 6.07) is 5.66. The lowest BCUT2D eigenvalue weighted by Crippen LogP contribution is -2.28. The Labute approximate surface area is 172 Å². The number of thiazole rings is 1. The number of hydrogen-bond acceptors (Lipinski definition) is 7. The van der Waals surface area contributed by atoms with E-state index in [9.17, 15) is 9.59 Å². The van der Waals surface area contributed by atoms with Crippen LogP contribution in [-0.4, -0.2) is 53.5 Å². The molecule has 1 atom stereocenters. The number of carbonyl (C=O) groups is 2. The molecule has 8 nitrogen and oxygen atoms in total. The smallest absolute Gasteiger partial charge is 0.231 e. The first-order valence-corrected chi connectivity index (χ1v) is 10.5. The van der Waals surface area contributed by atoms with Crippen LogP contribution in [0.2, 0.25) is 0 Å². The molecule has 152 valence electrons. The molecule has 0 spiro atoms. The molecule has 1 unspecified atom stereocenters. The van der Waals surface area contributed by atoms with Crippen molar-refractivity contribution < 1.29 is 19.1 Å².